The van der Waals surface area contributed by atoms with Crippen LogP contribution < -0.4 is 5.32 Å². The topological polar surface area (TPSA) is 74.7 Å². The molecule has 8 heteroatoms. The number of alkyl halides is 1. The highest BCUT2D eigenvalue weighted by molar-refractivity contribution is 6.32. The number of carbonyl (C=O) groups is 1. The fourth-order valence-electron chi connectivity index (χ4n) is 4.88. The van der Waals surface area contributed by atoms with Crippen molar-refractivity contribution in [3.63, 3.8) is 0 Å². The summed E-state index contributed by atoms with van der Waals surface area (Å²) in [5.74, 6) is -0.106. The predicted molar refractivity (Wildman–Crippen MR) is 117 cm³/mol. The number of aromatic nitrogens is 1. The maximum absolute atomic E-state index is 13.1. The quantitative estimate of drug-likeness (QED) is 0.750. The number of amides is 1. The molecule has 2 aromatic rings. The molecule has 3 fully saturated rings. The summed E-state index contributed by atoms with van der Waals surface area (Å²) in [5.41, 5.74) is 0.772. The summed E-state index contributed by atoms with van der Waals surface area (Å²) in [4.78, 5) is 18.7. The first-order valence-corrected chi connectivity index (χ1v) is 11.3. The van der Waals surface area contributed by atoms with E-state index in [0.29, 0.717) is 31.4 Å². The SMILES string of the molecule is C[C@@]1(N2CCC(c3cc4cc(NC(=O)[C@@H]5C[C@H]5F)ncc4cc3Cl)CC2)COC[C@@H]1O. The molecule has 1 aliphatic carbocycles. The van der Waals surface area contributed by atoms with Crippen molar-refractivity contribution < 1.29 is 19.0 Å². The van der Waals surface area contributed by atoms with Crippen LogP contribution in [0.3, 0.4) is 0 Å². The number of carbonyl (C=O) groups excluding carboxylic acids is 1. The van der Waals surface area contributed by atoms with Gasteiger partial charge in [-0.15, -0.1) is 0 Å². The third-order valence-corrected chi connectivity index (χ3v) is 7.51. The van der Waals surface area contributed by atoms with Crippen LogP contribution in [0.4, 0.5) is 10.2 Å². The van der Waals surface area contributed by atoms with Crippen LogP contribution in [0, 0.1) is 5.92 Å². The molecule has 0 radical (unpaired) electrons. The van der Waals surface area contributed by atoms with Crippen molar-refractivity contribution in [2.24, 2.45) is 5.92 Å². The molecule has 31 heavy (non-hydrogen) atoms. The van der Waals surface area contributed by atoms with Gasteiger partial charge < -0.3 is 15.2 Å². The van der Waals surface area contributed by atoms with Crippen molar-refractivity contribution in [2.75, 3.05) is 31.6 Å². The van der Waals surface area contributed by atoms with Gasteiger partial charge in [-0.1, -0.05) is 11.6 Å². The number of nitrogens with one attached hydrogen (secondary N) is 1. The molecule has 5 rings (SSSR count). The fourth-order valence-corrected chi connectivity index (χ4v) is 5.20. The molecule has 2 saturated heterocycles. The summed E-state index contributed by atoms with van der Waals surface area (Å²) in [6, 6.07) is 5.83. The molecule has 3 aliphatic rings. The van der Waals surface area contributed by atoms with Crippen LogP contribution in [0.25, 0.3) is 10.8 Å². The van der Waals surface area contributed by atoms with Crippen LogP contribution in [-0.4, -0.2) is 65.0 Å². The second-order valence-corrected chi connectivity index (χ2v) is 9.69. The number of nitrogens with zero attached hydrogens (tertiary/aromatic N) is 2. The second kappa shape index (κ2) is 7.96. The number of ether oxygens (including phenoxy) is 1. The van der Waals surface area contributed by atoms with Gasteiger partial charge in [-0.2, -0.15) is 0 Å². The lowest BCUT2D eigenvalue weighted by atomic mass is 9.85. The number of pyridine rings is 1. The van der Waals surface area contributed by atoms with Crippen LogP contribution in [0.2, 0.25) is 5.02 Å². The van der Waals surface area contributed by atoms with Crippen molar-refractivity contribution in [2.45, 2.75) is 49.9 Å². The first kappa shape index (κ1) is 21.1. The number of aliphatic hydroxyl groups is 1. The fraction of sp³-hybridized carbons (Fsp3) is 0.565. The first-order chi connectivity index (χ1) is 14.8. The molecule has 4 atom stereocenters. The number of aliphatic hydroxyl groups excluding tert-OH is 1. The Balaban J connectivity index is 1.32. The average molecular weight is 448 g/mol. The van der Waals surface area contributed by atoms with E-state index in [9.17, 15) is 14.3 Å². The molecular formula is C23H27ClFN3O3. The Kier molecular flexibility index (Phi) is 5.41. The maximum atomic E-state index is 13.1. The monoisotopic (exact) mass is 447 g/mol. The van der Waals surface area contributed by atoms with E-state index in [2.05, 4.69) is 28.2 Å². The summed E-state index contributed by atoms with van der Waals surface area (Å²) in [5, 5.41) is 15.6. The van der Waals surface area contributed by atoms with Gasteiger partial charge in [-0.25, -0.2) is 9.37 Å². The van der Waals surface area contributed by atoms with Gasteiger partial charge in [0.25, 0.3) is 0 Å². The van der Waals surface area contributed by atoms with Crippen LogP contribution in [0.1, 0.15) is 37.7 Å². The second-order valence-electron chi connectivity index (χ2n) is 9.29. The van der Waals surface area contributed by atoms with E-state index < -0.39 is 18.2 Å². The van der Waals surface area contributed by atoms with E-state index in [1.807, 2.05) is 12.1 Å². The molecule has 166 valence electrons. The minimum absolute atomic E-state index is 0.292. The summed E-state index contributed by atoms with van der Waals surface area (Å²) < 4.78 is 18.6. The van der Waals surface area contributed by atoms with Crippen molar-refractivity contribution in [3.05, 3.63) is 35.0 Å². The van der Waals surface area contributed by atoms with Crippen LogP contribution in [-0.2, 0) is 9.53 Å². The Morgan fingerprint density at radius 1 is 1.32 bits per heavy atom. The third-order valence-electron chi connectivity index (χ3n) is 7.18. The molecule has 0 spiro atoms. The number of fused-ring (bicyclic) bond motifs is 1. The molecule has 0 unspecified atom stereocenters. The number of hydrogen-bond donors (Lipinski definition) is 2. The molecule has 6 nitrogen and oxygen atoms in total. The van der Waals surface area contributed by atoms with E-state index in [-0.39, 0.29) is 11.4 Å². The van der Waals surface area contributed by atoms with E-state index in [0.717, 1.165) is 47.3 Å². The van der Waals surface area contributed by atoms with Gasteiger partial charge in [0.1, 0.15) is 12.0 Å². The molecule has 1 aromatic carbocycles. The van der Waals surface area contributed by atoms with Crippen molar-refractivity contribution in [1.82, 2.24) is 9.88 Å². The predicted octanol–water partition coefficient (Wildman–Crippen LogP) is 3.51. The van der Waals surface area contributed by atoms with E-state index in [4.69, 9.17) is 16.3 Å². The Bertz CT molecular complexity index is 1010. The highest BCUT2D eigenvalue weighted by atomic mass is 35.5. The number of piperidine rings is 1. The number of halogens is 2. The zero-order valence-electron chi connectivity index (χ0n) is 17.5. The van der Waals surface area contributed by atoms with Crippen molar-refractivity contribution >= 4 is 34.1 Å². The number of hydrogen-bond acceptors (Lipinski definition) is 5. The molecule has 1 amide bonds. The zero-order chi connectivity index (χ0) is 21.8. The lowest BCUT2D eigenvalue weighted by molar-refractivity contribution is -0.117. The van der Waals surface area contributed by atoms with Gasteiger partial charge in [0.05, 0.1) is 30.8 Å². The van der Waals surface area contributed by atoms with Crippen LogP contribution >= 0.6 is 11.6 Å². The molecule has 1 saturated carbocycles. The molecule has 2 aliphatic heterocycles. The van der Waals surface area contributed by atoms with E-state index in [1.165, 1.54) is 0 Å². The number of benzene rings is 1. The van der Waals surface area contributed by atoms with Gasteiger partial charge in [0, 0.05) is 16.6 Å². The lowest BCUT2D eigenvalue weighted by Crippen LogP contribution is -2.56. The third kappa shape index (κ3) is 3.93. The van der Waals surface area contributed by atoms with Crippen molar-refractivity contribution in [3.8, 4) is 0 Å². The summed E-state index contributed by atoms with van der Waals surface area (Å²) in [6.07, 6.45) is 2.38. The Morgan fingerprint density at radius 2 is 2.06 bits per heavy atom. The van der Waals surface area contributed by atoms with Crippen LogP contribution in [0.15, 0.2) is 24.4 Å². The highest BCUT2D eigenvalue weighted by Crippen LogP contribution is 2.39. The number of rotatable bonds is 4. The normalized spacial score (nSPS) is 31.8. The zero-order valence-corrected chi connectivity index (χ0v) is 18.2. The average Bonchev–Trinajstić information content (AvgIpc) is 3.40. The van der Waals surface area contributed by atoms with Crippen molar-refractivity contribution in [1.29, 1.82) is 0 Å². The summed E-state index contributed by atoms with van der Waals surface area (Å²) >= 11 is 6.63. The van der Waals surface area contributed by atoms with Gasteiger partial charge in [0.2, 0.25) is 5.91 Å². The molecule has 1 aromatic heterocycles. The van der Waals surface area contributed by atoms with E-state index in [1.54, 1.807) is 6.20 Å². The van der Waals surface area contributed by atoms with Crippen LogP contribution in [0.5, 0.6) is 0 Å². The smallest absolute Gasteiger partial charge is 0.231 e. The molecule has 0 bridgehead atoms. The van der Waals surface area contributed by atoms with Gasteiger partial charge in [-0.3, -0.25) is 9.69 Å². The molecular weight excluding hydrogens is 421 g/mol. The van der Waals surface area contributed by atoms with Gasteiger partial charge in [0.15, 0.2) is 0 Å². The minimum atomic E-state index is -1.03. The Hall–Kier alpha value is -1.80. The lowest BCUT2D eigenvalue weighted by Gasteiger charge is -2.43. The van der Waals surface area contributed by atoms with E-state index >= 15 is 0 Å². The maximum Gasteiger partial charge on any atom is 0.231 e. The number of likely N-dealkylation sites (tertiary alicyclic amines) is 1. The molecule has 2 N–H and O–H groups in total. The summed E-state index contributed by atoms with van der Waals surface area (Å²) in [6.45, 7) is 4.77. The molecule has 3 heterocycles. The van der Waals surface area contributed by atoms with Gasteiger partial charge >= 0.3 is 0 Å². The Morgan fingerprint density at radius 3 is 2.71 bits per heavy atom. The largest absolute Gasteiger partial charge is 0.389 e. The standard InChI is InChI=1S/C23H27ClFN3O3/c1-23(12-31-11-20(23)29)28-4-2-13(3-5-28)16-6-14-8-21(26-10-15(14)7-18(16)24)27-22(30)17-9-19(17)25/h6-8,10,13,17,19-20,29H,2-5,9,11-12H2,1H3,(H,26,27,30)/t17-,19-,20+,23-/m1/s1. The van der Waals surface area contributed by atoms with Gasteiger partial charge in [-0.05, 0) is 74.3 Å². The first-order valence-electron chi connectivity index (χ1n) is 10.9. The Labute approximate surface area is 185 Å². The highest BCUT2D eigenvalue weighted by Gasteiger charge is 2.45. The minimum Gasteiger partial charge on any atom is -0.389 e. The number of anilines is 1. The summed E-state index contributed by atoms with van der Waals surface area (Å²) in [7, 11) is 0.